The number of aryl methyl sites for hydroxylation is 2. The molecule has 1 aliphatic carbocycles. The largest absolute Gasteiger partial charge is 0.325 e. The molecular weight excluding hydrogens is 324 g/mol. The number of rotatable bonds is 4. The lowest BCUT2D eigenvalue weighted by Crippen LogP contribution is -2.14. The van der Waals surface area contributed by atoms with Gasteiger partial charge in [-0.25, -0.2) is 4.98 Å². The Morgan fingerprint density at radius 3 is 2.96 bits per heavy atom. The third-order valence-electron chi connectivity index (χ3n) is 3.98. The fraction of sp³-hybridized carbons (Fsp3) is 0.222. The maximum atomic E-state index is 12.1. The summed E-state index contributed by atoms with van der Waals surface area (Å²) in [5.41, 5.74) is 4.70. The van der Waals surface area contributed by atoms with Crippen LogP contribution in [0.15, 0.2) is 46.8 Å². The van der Waals surface area contributed by atoms with E-state index in [9.17, 15) is 4.79 Å². The Morgan fingerprint density at radius 2 is 2.04 bits per heavy atom. The van der Waals surface area contributed by atoms with E-state index in [0.717, 1.165) is 33.1 Å². The van der Waals surface area contributed by atoms with Crippen LogP contribution < -0.4 is 5.32 Å². The van der Waals surface area contributed by atoms with Gasteiger partial charge in [0.05, 0.1) is 16.0 Å². The molecule has 0 fully saturated rings. The van der Waals surface area contributed by atoms with E-state index in [0.29, 0.717) is 5.75 Å². The number of aromatic nitrogens is 1. The Balaban J connectivity index is 1.38. The molecule has 0 saturated carbocycles. The van der Waals surface area contributed by atoms with Gasteiger partial charge in [-0.1, -0.05) is 30.0 Å². The van der Waals surface area contributed by atoms with Crippen molar-refractivity contribution in [2.75, 3.05) is 11.1 Å². The summed E-state index contributed by atoms with van der Waals surface area (Å²) in [5, 5.41) is 2.99. The van der Waals surface area contributed by atoms with Crippen LogP contribution in [0.1, 0.15) is 17.5 Å². The van der Waals surface area contributed by atoms with Gasteiger partial charge in [0.15, 0.2) is 4.34 Å². The number of para-hydroxylation sites is 1. The van der Waals surface area contributed by atoms with Gasteiger partial charge in [0.25, 0.3) is 0 Å². The van der Waals surface area contributed by atoms with E-state index in [1.54, 1.807) is 11.3 Å². The molecular formula is C18H16N2OS2. The van der Waals surface area contributed by atoms with Gasteiger partial charge in [-0.2, -0.15) is 0 Å². The third-order valence-corrected chi connectivity index (χ3v) is 6.16. The molecule has 2 aromatic carbocycles. The van der Waals surface area contributed by atoms with E-state index < -0.39 is 0 Å². The number of thioether (sulfide) groups is 1. The highest BCUT2D eigenvalue weighted by atomic mass is 32.2. The maximum absolute atomic E-state index is 12.1. The van der Waals surface area contributed by atoms with Crippen molar-refractivity contribution in [2.45, 2.75) is 23.6 Å². The minimum Gasteiger partial charge on any atom is -0.325 e. The Bertz CT molecular complexity index is 839. The number of amides is 1. The summed E-state index contributed by atoms with van der Waals surface area (Å²) in [6, 6.07) is 14.3. The second-order valence-electron chi connectivity index (χ2n) is 5.62. The first kappa shape index (κ1) is 14.7. The van der Waals surface area contributed by atoms with Crippen molar-refractivity contribution in [1.29, 1.82) is 0 Å². The van der Waals surface area contributed by atoms with Crippen LogP contribution in [0.3, 0.4) is 0 Å². The lowest BCUT2D eigenvalue weighted by atomic mass is 10.1. The topological polar surface area (TPSA) is 42.0 Å². The molecule has 1 amide bonds. The molecule has 1 aromatic heterocycles. The van der Waals surface area contributed by atoms with E-state index in [1.165, 1.54) is 29.3 Å². The average Bonchev–Trinajstić information content (AvgIpc) is 3.18. The van der Waals surface area contributed by atoms with Crippen molar-refractivity contribution in [3.05, 3.63) is 53.6 Å². The van der Waals surface area contributed by atoms with E-state index in [-0.39, 0.29) is 5.91 Å². The minimum absolute atomic E-state index is 0.0206. The summed E-state index contributed by atoms with van der Waals surface area (Å²) >= 11 is 3.13. The number of hydrogen-bond donors (Lipinski definition) is 1. The molecule has 3 nitrogen and oxygen atoms in total. The molecule has 116 valence electrons. The third kappa shape index (κ3) is 3.26. The molecule has 5 heteroatoms. The minimum atomic E-state index is 0.0206. The highest BCUT2D eigenvalue weighted by molar-refractivity contribution is 8.01. The molecule has 0 aliphatic heterocycles. The second kappa shape index (κ2) is 6.34. The van der Waals surface area contributed by atoms with Gasteiger partial charge >= 0.3 is 0 Å². The molecule has 1 heterocycles. The van der Waals surface area contributed by atoms with Crippen molar-refractivity contribution in [1.82, 2.24) is 4.98 Å². The predicted octanol–water partition coefficient (Wildman–Crippen LogP) is 4.52. The van der Waals surface area contributed by atoms with Crippen molar-refractivity contribution < 1.29 is 4.79 Å². The van der Waals surface area contributed by atoms with Crippen molar-refractivity contribution in [2.24, 2.45) is 0 Å². The summed E-state index contributed by atoms with van der Waals surface area (Å²) in [5.74, 6) is 0.406. The standard InChI is InChI=1S/C18H16N2OS2/c21-17(19-14-9-8-12-4-3-5-13(12)10-14)11-22-18-20-15-6-1-2-7-16(15)23-18/h1-2,6-10H,3-5,11H2,(H,19,21). The molecule has 0 radical (unpaired) electrons. The number of nitrogens with one attached hydrogen (secondary N) is 1. The smallest absolute Gasteiger partial charge is 0.234 e. The van der Waals surface area contributed by atoms with Crippen LogP contribution in [0.2, 0.25) is 0 Å². The molecule has 23 heavy (non-hydrogen) atoms. The van der Waals surface area contributed by atoms with E-state index in [4.69, 9.17) is 0 Å². The van der Waals surface area contributed by atoms with E-state index in [1.807, 2.05) is 24.3 Å². The average molecular weight is 340 g/mol. The zero-order valence-corrected chi connectivity index (χ0v) is 14.2. The van der Waals surface area contributed by atoms with Gasteiger partial charge < -0.3 is 5.32 Å². The lowest BCUT2D eigenvalue weighted by Gasteiger charge is -2.06. The highest BCUT2D eigenvalue weighted by Gasteiger charge is 2.12. The summed E-state index contributed by atoms with van der Waals surface area (Å²) in [6.07, 6.45) is 3.51. The highest BCUT2D eigenvalue weighted by Crippen LogP contribution is 2.29. The molecule has 3 aromatic rings. The molecule has 4 rings (SSSR count). The van der Waals surface area contributed by atoms with Crippen molar-refractivity contribution in [3.8, 4) is 0 Å². The van der Waals surface area contributed by atoms with Gasteiger partial charge in [-0.15, -0.1) is 11.3 Å². The van der Waals surface area contributed by atoms with Gasteiger partial charge in [-0.05, 0) is 54.7 Å². The summed E-state index contributed by atoms with van der Waals surface area (Å²) in [7, 11) is 0. The van der Waals surface area contributed by atoms with Crippen LogP contribution in [-0.2, 0) is 17.6 Å². The normalized spacial score (nSPS) is 13.2. The fourth-order valence-electron chi connectivity index (χ4n) is 2.89. The number of carbonyl (C=O) groups is 1. The van der Waals surface area contributed by atoms with Crippen LogP contribution in [0.4, 0.5) is 5.69 Å². The summed E-state index contributed by atoms with van der Waals surface area (Å²) < 4.78 is 2.10. The summed E-state index contributed by atoms with van der Waals surface area (Å²) in [4.78, 5) is 16.7. The van der Waals surface area contributed by atoms with Crippen molar-refractivity contribution >= 4 is 44.9 Å². The van der Waals surface area contributed by atoms with Crippen molar-refractivity contribution in [3.63, 3.8) is 0 Å². The molecule has 0 spiro atoms. The number of benzene rings is 2. The molecule has 1 aliphatic rings. The zero-order valence-electron chi connectivity index (χ0n) is 12.5. The van der Waals surface area contributed by atoms with Gasteiger partial charge in [0, 0.05) is 5.69 Å². The van der Waals surface area contributed by atoms with Crippen LogP contribution in [0.5, 0.6) is 0 Å². The first-order valence-electron chi connectivity index (χ1n) is 7.68. The first-order valence-corrected chi connectivity index (χ1v) is 9.48. The lowest BCUT2D eigenvalue weighted by molar-refractivity contribution is -0.113. The van der Waals surface area contributed by atoms with E-state index in [2.05, 4.69) is 28.5 Å². The molecule has 0 unspecified atom stereocenters. The second-order valence-corrected chi connectivity index (χ2v) is 7.87. The molecule has 0 atom stereocenters. The number of anilines is 1. The number of thiazole rings is 1. The number of nitrogens with zero attached hydrogens (tertiary/aromatic N) is 1. The van der Waals surface area contributed by atoms with Crippen LogP contribution in [0, 0.1) is 0 Å². The van der Waals surface area contributed by atoms with E-state index >= 15 is 0 Å². The quantitative estimate of drug-likeness (QED) is 0.710. The SMILES string of the molecule is O=C(CSc1nc2ccccc2s1)Nc1ccc2c(c1)CCC2. The monoisotopic (exact) mass is 340 g/mol. The van der Waals surface area contributed by atoms with Crippen LogP contribution in [0.25, 0.3) is 10.2 Å². The van der Waals surface area contributed by atoms with Crippen LogP contribution >= 0.6 is 23.1 Å². The zero-order chi connectivity index (χ0) is 15.6. The maximum Gasteiger partial charge on any atom is 0.234 e. The van der Waals surface area contributed by atoms with Gasteiger partial charge in [0.1, 0.15) is 0 Å². The predicted molar refractivity (Wildman–Crippen MR) is 97.4 cm³/mol. The number of hydrogen-bond acceptors (Lipinski definition) is 4. The Morgan fingerprint density at radius 1 is 1.17 bits per heavy atom. The Labute approximate surface area is 143 Å². The van der Waals surface area contributed by atoms with Gasteiger partial charge in [-0.3, -0.25) is 4.79 Å². The molecule has 1 N–H and O–H groups in total. The Kier molecular flexibility index (Phi) is 4.06. The number of fused-ring (bicyclic) bond motifs is 2. The first-order chi connectivity index (χ1) is 11.3. The summed E-state index contributed by atoms with van der Waals surface area (Å²) in [6.45, 7) is 0. The van der Waals surface area contributed by atoms with Gasteiger partial charge in [0.2, 0.25) is 5.91 Å². The fourth-order valence-corrected chi connectivity index (χ4v) is 4.76. The molecule has 0 bridgehead atoms. The van der Waals surface area contributed by atoms with Crippen LogP contribution in [-0.4, -0.2) is 16.6 Å². The number of carbonyl (C=O) groups excluding carboxylic acids is 1. The Hall–Kier alpha value is -1.85. The molecule has 0 saturated heterocycles.